The van der Waals surface area contributed by atoms with E-state index in [1.54, 1.807) is 0 Å². The summed E-state index contributed by atoms with van der Waals surface area (Å²) in [5, 5.41) is 13.2. The highest BCUT2D eigenvalue weighted by Gasteiger charge is 2.29. The van der Waals surface area contributed by atoms with Crippen molar-refractivity contribution in [1.29, 1.82) is 0 Å². The van der Waals surface area contributed by atoms with Gasteiger partial charge in [0.1, 0.15) is 12.4 Å². The second-order valence-electron chi connectivity index (χ2n) is 6.24. The maximum atomic E-state index is 11.6. The number of carbonyl (C=O) groups excluding carboxylic acids is 1. The molecular weight excluding hydrogens is 266 g/mol. The zero-order valence-corrected chi connectivity index (χ0v) is 12.9. The van der Waals surface area contributed by atoms with E-state index >= 15 is 0 Å². The first kappa shape index (κ1) is 15.8. The van der Waals surface area contributed by atoms with Crippen LogP contribution >= 0.6 is 0 Å². The number of hydrogen-bond donors (Lipinski definition) is 2. The van der Waals surface area contributed by atoms with Crippen molar-refractivity contribution in [3.05, 3.63) is 24.3 Å². The van der Waals surface area contributed by atoms with Crippen molar-refractivity contribution in [2.45, 2.75) is 51.6 Å². The minimum absolute atomic E-state index is 0.000171. The van der Waals surface area contributed by atoms with Crippen LogP contribution in [0.3, 0.4) is 0 Å². The van der Waals surface area contributed by atoms with Gasteiger partial charge >= 0.3 is 0 Å². The molecule has 0 saturated heterocycles. The van der Waals surface area contributed by atoms with Crippen LogP contribution in [0.4, 0.5) is 5.69 Å². The summed E-state index contributed by atoms with van der Waals surface area (Å²) in [7, 11) is 0. The number of nitrogens with one attached hydrogen (secondary N) is 1. The van der Waals surface area contributed by atoms with E-state index in [9.17, 15) is 9.90 Å². The number of anilines is 1. The fourth-order valence-corrected chi connectivity index (χ4v) is 2.49. The van der Waals surface area contributed by atoms with Crippen LogP contribution in [-0.2, 0) is 4.79 Å². The zero-order valence-electron chi connectivity index (χ0n) is 12.9. The third kappa shape index (κ3) is 4.74. The molecule has 0 unspecified atom stereocenters. The molecule has 1 saturated carbocycles. The summed E-state index contributed by atoms with van der Waals surface area (Å²) in [6, 6.07) is 7.28. The van der Waals surface area contributed by atoms with Gasteiger partial charge in [0.25, 0.3) is 0 Å². The van der Waals surface area contributed by atoms with Gasteiger partial charge in [0.05, 0.1) is 5.60 Å². The Kier molecular flexibility index (Phi) is 5.23. The molecule has 0 spiro atoms. The molecule has 1 amide bonds. The second kappa shape index (κ2) is 6.94. The highest BCUT2D eigenvalue weighted by molar-refractivity contribution is 5.92. The molecule has 0 heterocycles. The molecule has 4 heteroatoms. The van der Waals surface area contributed by atoms with Crippen molar-refractivity contribution in [3.8, 4) is 5.75 Å². The summed E-state index contributed by atoms with van der Waals surface area (Å²) in [5.74, 6) is 0.679. The van der Waals surface area contributed by atoms with E-state index in [-0.39, 0.29) is 11.8 Å². The van der Waals surface area contributed by atoms with Crippen LogP contribution in [0.25, 0.3) is 0 Å². The Morgan fingerprint density at radius 3 is 2.43 bits per heavy atom. The summed E-state index contributed by atoms with van der Waals surface area (Å²) in [6.45, 7) is 4.06. The number of ether oxygens (including phenoxy) is 1. The standard InChI is InChI=1S/C17H25NO3/c1-13(2)16(19)18-14-6-8-15(9-7-14)21-12-17(20)10-4-3-5-11-17/h6-9,13,20H,3-5,10-12H2,1-2H3,(H,18,19). The van der Waals surface area contributed by atoms with E-state index in [2.05, 4.69) is 5.32 Å². The molecule has 116 valence electrons. The van der Waals surface area contributed by atoms with Gasteiger partial charge in [0.15, 0.2) is 0 Å². The summed E-state index contributed by atoms with van der Waals surface area (Å²) in [6.07, 6.45) is 4.97. The SMILES string of the molecule is CC(C)C(=O)Nc1ccc(OCC2(O)CCCCC2)cc1. The van der Waals surface area contributed by atoms with Crippen molar-refractivity contribution < 1.29 is 14.6 Å². The van der Waals surface area contributed by atoms with Gasteiger partial charge < -0.3 is 15.2 Å². The summed E-state index contributed by atoms with van der Waals surface area (Å²) >= 11 is 0. The minimum Gasteiger partial charge on any atom is -0.491 e. The minimum atomic E-state index is -0.678. The lowest BCUT2D eigenvalue weighted by Crippen LogP contribution is -2.37. The Hall–Kier alpha value is -1.55. The summed E-state index contributed by atoms with van der Waals surface area (Å²) in [5.41, 5.74) is 0.0837. The molecule has 1 aromatic rings. The molecule has 1 aromatic carbocycles. The first-order chi connectivity index (χ1) is 9.98. The Balaban J connectivity index is 1.86. The Bertz CT molecular complexity index is 461. The monoisotopic (exact) mass is 291 g/mol. The molecular formula is C17H25NO3. The Labute approximate surface area is 126 Å². The first-order valence-electron chi connectivity index (χ1n) is 7.75. The molecule has 2 N–H and O–H groups in total. The van der Waals surface area contributed by atoms with E-state index < -0.39 is 5.60 Å². The lowest BCUT2D eigenvalue weighted by molar-refractivity contribution is -0.118. The van der Waals surface area contributed by atoms with Crippen LogP contribution in [0.5, 0.6) is 5.75 Å². The smallest absolute Gasteiger partial charge is 0.226 e. The number of benzene rings is 1. The first-order valence-corrected chi connectivity index (χ1v) is 7.75. The molecule has 4 nitrogen and oxygen atoms in total. The van der Waals surface area contributed by atoms with Crippen LogP contribution in [0.15, 0.2) is 24.3 Å². The molecule has 2 rings (SSSR count). The third-order valence-corrected chi connectivity index (χ3v) is 3.94. The highest BCUT2D eigenvalue weighted by atomic mass is 16.5. The molecule has 21 heavy (non-hydrogen) atoms. The normalized spacial score (nSPS) is 17.5. The van der Waals surface area contributed by atoms with Crippen molar-refractivity contribution in [3.63, 3.8) is 0 Å². The third-order valence-electron chi connectivity index (χ3n) is 3.94. The van der Waals surface area contributed by atoms with Gasteiger partial charge in [-0.3, -0.25) is 4.79 Å². The maximum absolute atomic E-state index is 11.6. The van der Waals surface area contributed by atoms with E-state index in [4.69, 9.17) is 4.74 Å². The molecule has 0 atom stereocenters. The van der Waals surface area contributed by atoms with Gasteiger partial charge in [-0.15, -0.1) is 0 Å². The van der Waals surface area contributed by atoms with Gasteiger partial charge in [-0.2, -0.15) is 0 Å². The lowest BCUT2D eigenvalue weighted by atomic mass is 9.85. The Morgan fingerprint density at radius 2 is 1.86 bits per heavy atom. The molecule has 1 fully saturated rings. The van der Waals surface area contributed by atoms with Crippen LogP contribution in [-0.4, -0.2) is 23.2 Å². The molecule has 1 aliphatic carbocycles. The van der Waals surface area contributed by atoms with Crippen LogP contribution in [0, 0.1) is 5.92 Å². The van der Waals surface area contributed by atoms with Crippen molar-refractivity contribution >= 4 is 11.6 Å². The number of rotatable bonds is 5. The van der Waals surface area contributed by atoms with E-state index in [1.165, 1.54) is 6.42 Å². The van der Waals surface area contributed by atoms with E-state index in [0.29, 0.717) is 6.61 Å². The molecule has 1 aliphatic rings. The Morgan fingerprint density at radius 1 is 1.24 bits per heavy atom. The molecule has 0 aliphatic heterocycles. The predicted octanol–water partition coefficient (Wildman–Crippen LogP) is 3.36. The summed E-state index contributed by atoms with van der Waals surface area (Å²) in [4.78, 5) is 11.6. The average Bonchev–Trinajstić information content (AvgIpc) is 2.47. The van der Waals surface area contributed by atoms with E-state index in [0.717, 1.165) is 37.1 Å². The van der Waals surface area contributed by atoms with Gasteiger partial charge in [0, 0.05) is 11.6 Å². The topological polar surface area (TPSA) is 58.6 Å². The highest BCUT2D eigenvalue weighted by Crippen LogP contribution is 2.29. The predicted molar refractivity (Wildman–Crippen MR) is 83.4 cm³/mol. The van der Waals surface area contributed by atoms with Crippen molar-refractivity contribution in [2.75, 3.05) is 11.9 Å². The second-order valence-corrected chi connectivity index (χ2v) is 6.24. The van der Waals surface area contributed by atoms with Gasteiger partial charge in [-0.1, -0.05) is 33.1 Å². The molecule has 0 aromatic heterocycles. The van der Waals surface area contributed by atoms with Crippen LogP contribution in [0.1, 0.15) is 46.0 Å². The van der Waals surface area contributed by atoms with Crippen LogP contribution < -0.4 is 10.1 Å². The quantitative estimate of drug-likeness (QED) is 0.874. The fourth-order valence-electron chi connectivity index (χ4n) is 2.49. The average molecular weight is 291 g/mol. The number of carbonyl (C=O) groups is 1. The van der Waals surface area contributed by atoms with Crippen LogP contribution in [0.2, 0.25) is 0 Å². The van der Waals surface area contributed by atoms with Crippen molar-refractivity contribution in [1.82, 2.24) is 0 Å². The number of hydrogen-bond acceptors (Lipinski definition) is 3. The van der Waals surface area contributed by atoms with Crippen molar-refractivity contribution in [2.24, 2.45) is 5.92 Å². The van der Waals surface area contributed by atoms with Gasteiger partial charge in [-0.25, -0.2) is 0 Å². The number of amides is 1. The van der Waals surface area contributed by atoms with E-state index in [1.807, 2.05) is 38.1 Å². The maximum Gasteiger partial charge on any atom is 0.226 e. The molecule has 0 radical (unpaired) electrons. The molecule has 0 bridgehead atoms. The van der Waals surface area contributed by atoms with Gasteiger partial charge in [0.2, 0.25) is 5.91 Å². The number of aliphatic hydroxyl groups is 1. The largest absolute Gasteiger partial charge is 0.491 e. The summed E-state index contributed by atoms with van der Waals surface area (Å²) < 4.78 is 5.69. The zero-order chi connectivity index (χ0) is 15.3. The van der Waals surface area contributed by atoms with Gasteiger partial charge in [-0.05, 0) is 37.1 Å². The lowest BCUT2D eigenvalue weighted by Gasteiger charge is -2.31. The fraction of sp³-hybridized carbons (Fsp3) is 0.588.